The van der Waals surface area contributed by atoms with E-state index in [1.165, 1.54) is 44.9 Å². The third-order valence-electron chi connectivity index (χ3n) is 6.22. The van der Waals surface area contributed by atoms with Crippen molar-refractivity contribution in [3.63, 3.8) is 0 Å². The van der Waals surface area contributed by atoms with Gasteiger partial charge in [0.1, 0.15) is 18.7 Å². The number of ether oxygens (including phenoxy) is 1. The minimum absolute atomic E-state index is 0.162. The van der Waals surface area contributed by atoms with E-state index < -0.39 is 10.2 Å². The predicted octanol–water partition coefficient (Wildman–Crippen LogP) is 4.61. The van der Waals surface area contributed by atoms with Crippen LogP contribution in [0.1, 0.15) is 31.2 Å². The first-order valence-electron chi connectivity index (χ1n) is 12.1. The standard InChI is InChI=1S/C24H28ClN7O3S2/c25-19-9-8-18(21(14-19)26-10-5-13-31-11-2-1-3-12-31)16-35-23-7-4-6-22-20(23)15-28-32(22)37(33,34)30-24-27-17-29-36-24/h4,6-9,14-15,17,26H,1-3,5,10-13,16H2,(H,27,29,30). The number of benzene rings is 2. The maximum absolute atomic E-state index is 12.8. The number of hydrogen-bond donors (Lipinski definition) is 2. The van der Waals surface area contributed by atoms with Gasteiger partial charge in [-0.15, -0.1) is 4.09 Å². The molecular formula is C24H28ClN7O3S2. The second-order valence-electron chi connectivity index (χ2n) is 8.80. The number of rotatable bonds is 11. The van der Waals surface area contributed by atoms with E-state index in [4.69, 9.17) is 16.3 Å². The Kier molecular flexibility index (Phi) is 8.08. The lowest BCUT2D eigenvalue weighted by Crippen LogP contribution is -2.31. The Morgan fingerprint density at radius 1 is 1.14 bits per heavy atom. The molecule has 1 fully saturated rings. The van der Waals surface area contributed by atoms with Crippen molar-refractivity contribution in [2.75, 3.05) is 36.2 Å². The summed E-state index contributed by atoms with van der Waals surface area (Å²) in [5, 5.41) is 8.99. The van der Waals surface area contributed by atoms with Gasteiger partial charge in [0.05, 0.1) is 17.1 Å². The maximum atomic E-state index is 12.8. The molecule has 3 heterocycles. The molecule has 5 rings (SSSR count). The third kappa shape index (κ3) is 6.32. The Morgan fingerprint density at radius 2 is 2.00 bits per heavy atom. The number of aromatic nitrogens is 4. The SMILES string of the molecule is O=S(=O)(Nc1ncns1)n1ncc2c(OCc3ccc(Cl)cc3NCCCN3CCCCC3)cccc21. The highest BCUT2D eigenvalue weighted by Gasteiger charge is 2.20. The Bertz CT molecular complexity index is 1440. The first-order valence-corrected chi connectivity index (χ1v) is 14.7. The van der Waals surface area contributed by atoms with Gasteiger partial charge in [-0.2, -0.15) is 17.9 Å². The largest absolute Gasteiger partial charge is 0.488 e. The van der Waals surface area contributed by atoms with Crippen molar-refractivity contribution in [3.05, 3.63) is 59.5 Å². The van der Waals surface area contributed by atoms with Gasteiger partial charge in [0, 0.05) is 34.4 Å². The average Bonchev–Trinajstić information content (AvgIpc) is 3.57. The molecule has 4 aromatic rings. The number of piperidine rings is 1. The Hall–Kier alpha value is -2.93. The molecule has 0 unspecified atom stereocenters. The minimum Gasteiger partial charge on any atom is -0.488 e. The fourth-order valence-electron chi connectivity index (χ4n) is 4.39. The summed E-state index contributed by atoms with van der Waals surface area (Å²) >= 11 is 7.22. The van der Waals surface area contributed by atoms with Crippen molar-refractivity contribution < 1.29 is 13.2 Å². The second kappa shape index (κ2) is 11.6. The van der Waals surface area contributed by atoms with E-state index in [0.717, 1.165) is 46.4 Å². The zero-order valence-electron chi connectivity index (χ0n) is 20.1. The number of halogens is 1. The molecule has 2 aromatic heterocycles. The minimum atomic E-state index is -4.00. The number of anilines is 2. The van der Waals surface area contributed by atoms with Gasteiger partial charge in [0.2, 0.25) is 5.13 Å². The molecule has 0 spiro atoms. The molecule has 0 atom stereocenters. The Balaban J connectivity index is 1.26. The van der Waals surface area contributed by atoms with Crippen LogP contribution >= 0.6 is 23.1 Å². The lowest BCUT2D eigenvalue weighted by Gasteiger charge is -2.26. The van der Waals surface area contributed by atoms with Crippen LogP contribution in [-0.4, -0.2) is 58.0 Å². The lowest BCUT2D eigenvalue weighted by molar-refractivity contribution is 0.228. The number of nitrogens with zero attached hydrogens (tertiary/aromatic N) is 5. The van der Waals surface area contributed by atoms with E-state index in [1.54, 1.807) is 18.2 Å². The first kappa shape index (κ1) is 25.7. The maximum Gasteiger partial charge on any atom is 0.345 e. The van der Waals surface area contributed by atoms with Gasteiger partial charge < -0.3 is 15.0 Å². The lowest BCUT2D eigenvalue weighted by atomic mass is 10.1. The van der Waals surface area contributed by atoms with Crippen LogP contribution in [0.25, 0.3) is 10.9 Å². The molecule has 1 saturated heterocycles. The van der Waals surface area contributed by atoms with Crippen LogP contribution in [0.15, 0.2) is 48.9 Å². The molecule has 0 saturated carbocycles. The molecule has 0 bridgehead atoms. The number of nitrogens with one attached hydrogen (secondary N) is 2. The van der Waals surface area contributed by atoms with E-state index in [2.05, 4.69) is 29.4 Å². The molecule has 1 aliphatic rings. The molecule has 37 heavy (non-hydrogen) atoms. The molecule has 2 N–H and O–H groups in total. The summed E-state index contributed by atoms with van der Waals surface area (Å²) in [6.07, 6.45) is 7.73. The Morgan fingerprint density at radius 3 is 2.81 bits per heavy atom. The topological polar surface area (TPSA) is 114 Å². The normalized spacial score (nSPS) is 14.6. The number of fused-ring (bicyclic) bond motifs is 1. The second-order valence-corrected chi connectivity index (χ2v) is 11.5. The van der Waals surface area contributed by atoms with Gasteiger partial charge >= 0.3 is 10.2 Å². The number of likely N-dealkylation sites (tertiary alicyclic amines) is 1. The van der Waals surface area contributed by atoms with E-state index in [-0.39, 0.29) is 11.7 Å². The van der Waals surface area contributed by atoms with Crippen LogP contribution in [0.4, 0.5) is 10.8 Å². The smallest absolute Gasteiger partial charge is 0.345 e. The van der Waals surface area contributed by atoms with Gasteiger partial charge in [0.15, 0.2) is 0 Å². The van der Waals surface area contributed by atoms with Crippen LogP contribution in [-0.2, 0) is 16.8 Å². The summed E-state index contributed by atoms with van der Waals surface area (Å²) in [6, 6.07) is 10.9. The summed E-state index contributed by atoms with van der Waals surface area (Å²) in [4.78, 5) is 6.40. The van der Waals surface area contributed by atoms with Gasteiger partial charge in [-0.05, 0) is 63.2 Å². The molecule has 0 amide bonds. The monoisotopic (exact) mass is 561 g/mol. The zero-order valence-corrected chi connectivity index (χ0v) is 22.5. The molecule has 0 aliphatic carbocycles. The van der Waals surface area contributed by atoms with Crippen molar-refractivity contribution in [2.45, 2.75) is 32.3 Å². The van der Waals surface area contributed by atoms with Gasteiger partial charge in [0.25, 0.3) is 0 Å². The zero-order chi connectivity index (χ0) is 25.7. The summed E-state index contributed by atoms with van der Waals surface area (Å²) in [7, 11) is -4.00. The first-order chi connectivity index (χ1) is 18.0. The van der Waals surface area contributed by atoms with Crippen LogP contribution in [0.5, 0.6) is 5.75 Å². The third-order valence-corrected chi connectivity index (χ3v) is 8.36. The van der Waals surface area contributed by atoms with Crippen molar-refractivity contribution >= 4 is 55.1 Å². The van der Waals surface area contributed by atoms with Crippen molar-refractivity contribution in [1.29, 1.82) is 0 Å². The molecule has 196 valence electrons. The molecule has 10 nitrogen and oxygen atoms in total. The quantitative estimate of drug-likeness (QED) is 0.255. The highest BCUT2D eigenvalue weighted by Crippen LogP contribution is 2.29. The molecule has 1 aliphatic heterocycles. The van der Waals surface area contributed by atoms with Crippen LogP contribution in [0.2, 0.25) is 5.02 Å². The Labute approximate surface area is 225 Å². The summed E-state index contributed by atoms with van der Waals surface area (Å²) in [6.45, 7) is 4.59. The van der Waals surface area contributed by atoms with Crippen molar-refractivity contribution in [1.82, 2.24) is 23.4 Å². The molecule has 2 aromatic carbocycles. The number of hydrogen-bond acceptors (Lipinski definition) is 9. The van der Waals surface area contributed by atoms with Gasteiger partial charge in [-0.1, -0.05) is 30.2 Å². The fraction of sp³-hybridized carbons (Fsp3) is 0.375. The van der Waals surface area contributed by atoms with Gasteiger partial charge in [-0.25, -0.2) is 9.71 Å². The van der Waals surface area contributed by atoms with Crippen molar-refractivity contribution in [2.24, 2.45) is 0 Å². The summed E-state index contributed by atoms with van der Waals surface area (Å²) < 4.78 is 38.9. The van der Waals surface area contributed by atoms with Crippen LogP contribution in [0, 0.1) is 0 Å². The summed E-state index contributed by atoms with van der Waals surface area (Å²) in [5.74, 6) is 0.529. The molecule has 0 radical (unpaired) electrons. The predicted molar refractivity (Wildman–Crippen MR) is 147 cm³/mol. The van der Waals surface area contributed by atoms with E-state index in [1.807, 2.05) is 18.2 Å². The van der Waals surface area contributed by atoms with Crippen LogP contribution in [0.3, 0.4) is 0 Å². The summed E-state index contributed by atoms with van der Waals surface area (Å²) in [5.41, 5.74) is 2.27. The molecule has 13 heteroatoms. The highest BCUT2D eigenvalue weighted by molar-refractivity contribution is 7.91. The fourth-order valence-corrected chi connectivity index (χ4v) is 6.27. The highest BCUT2D eigenvalue weighted by atomic mass is 35.5. The molecular weight excluding hydrogens is 534 g/mol. The van der Waals surface area contributed by atoms with Crippen molar-refractivity contribution in [3.8, 4) is 5.75 Å². The van der Waals surface area contributed by atoms with Gasteiger partial charge in [-0.3, -0.25) is 0 Å². The van der Waals surface area contributed by atoms with E-state index in [0.29, 0.717) is 21.7 Å². The van der Waals surface area contributed by atoms with E-state index in [9.17, 15) is 8.42 Å². The van der Waals surface area contributed by atoms with E-state index >= 15 is 0 Å². The average molecular weight is 562 g/mol. The van der Waals surface area contributed by atoms with Crippen LogP contribution < -0.4 is 14.8 Å².